The predicted molar refractivity (Wildman–Crippen MR) is 81.4 cm³/mol. The smallest absolute Gasteiger partial charge is 0.164 e. The van der Waals surface area contributed by atoms with Crippen LogP contribution >= 0.6 is 0 Å². The van der Waals surface area contributed by atoms with Gasteiger partial charge in [0, 0.05) is 17.5 Å². The largest absolute Gasteiger partial charge is 0.496 e. The maximum Gasteiger partial charge on any atom is 0.164 e. The Hall–Kier alpha value is -1.35. The van der Waals surface area contributed by atoms with Gasteiger partial charge in [0.15, 0.2) is 5.78 Å². The highest BCUT2D eigenvalue weighted by Gasteiger charge is 2.30. The number of hydrogen-bond donors (Lipinski definition) is 1. The zero-order valence-corrected chi connectivity index (χ0v) is 12.8. The van der Waals surface area contributed by atoms with Gasteiger partial charge in [-0.1, -0.05) is 19.3 Å². The molecule has 0 saturated heterocycles. The average Bonchev–Trinajstić information content (AvgIpc) is 2.41. The van der Waals surface area contributed by atoms with E-state index in [0.29, 0.717) is 6.42 Å². The second kappa shape index (κ2) is 5.96. The van der Waals surface area contributed by atoms with Gasteiger partial charge in [0.25, 0.3) is 0 Å². The van der Waals surface area contributed by atoms with Gasteiger partial charge >= 0.3 is 0 Å². The Morgan fingerprint density at radius 3 is 2.45 bits per heavy atom. The van der Waals surface area contributed by atoms with Crippen molar-refractivity contribution in [2.45, 2.75) is 57.9 Å². The Balaban J connectivity index is 2.19. The number of carbonyl (C=O) groups is 1. The van der Waals surface area contributed by atoms with Crippen LogP contribution in [0.4, 0.5) is 0 Å². The van der Waals surface area contributed by atoms with Gasteiger partial charge < -0.3 is 10.5 Å². The molecule has 0 bridgehead atoms. The van der Waals surface area contributed by atoms with Crippen LogP contribution in [0.3, 0.4) is 0 Å². The molecule has 0 aliphatic heterocycles. The summed E-state index contributed by atoms with van der Waals surface area (Å²) in [5.41, 5.74) is 8.86. The molecule has 1 aromatic rings. The number of rotatable bonds is 4. The van der Waals surface area contributed by atoms with Gasteiger partial charge in [-0.05, 0) is 49.9 Å². The third-order valence-corrected chi connectivity index (χ3v) is 4.40. The van der Waals surface area contributed by atoms with Crippen LogP contribution in [-0.2, 0) is 0 Å². The lowest BCUT2D eigenvalue weighted by atomic mass is 9.78. The third kappa shape index (κ3) is 3.21. The summed E-state index contributed by atoms with van der Waals surface area (Å²) in [6.45, 7) is 3.92. The first-order chi connectivity index (χ1) is 9.45. The fourth-order valence-electron chi connectivity index (χ4n) is 3.16. The minimum absolute atomic E-state index is 0.164. The van der Waals surface area contributed by atoms with E-state index >= 15 is 0 Å². The maximum absolute atomic E-state index is 12.6. The van der Waals surface area contributed by atoms with E-state index in [9.17, 15) is 4.79 Å². The number of aryl methyl sites for hydroxylation is 2. The van der Waals surface area contributed by atoms with Crippen LogP contribution in [0.5, 0.6) is 5.75 Å². The topological polar surface area (TPSA) is 52.3 Å². The fourth-order valence-corrected chi connectivity index (χ4v) is 3.16. The van der Waals surface area contributed by atoms with E-state index in [4.69, 9.17) is 10.5 Å². The number of ketones is 1. The first-order valence-corrected chi connectivity index (χ1v) is 7.42. The van der Waals surface area contributed by atoms with Crippen molar-refractivity contribution < 1.29 is 9.53 Å². The van der Waals surface area contributed by atoms with Crippen molar-refractivity contribution in [2.24, 2.45) is 5.73 Å². The van der Waals surface area contributed by atoms with Gasteiger partial charge in [-0.25, -0.2) is 0 Å². The Morgan fingerprint density at radius 1 is 1.20 bits per heavy atom. The molecule has 2 rings (SSSR count). The van der Waals surface area contributed by atoms with Crippen LogP contribution in [0.25, 0.3) is 0 Å². The standard InChI is InChI=1S/C17H25NO2/c1-12-10-16(20-3)13(2)9-14(12)15(19)11-17(18)7-5-4-6-8-17/h9-10H,4-8,11,18H2,1-3H3. The summed E-state index contributed by atoms with van der Waals surface area (Å²) in [6, 6.07) is 3.87. The Morgan fingerprint density at radius 2 is 1.85 bits per heavy atom. The molecule has 2 N–H and O–H groups in total. The van der Waals surface area contributed by atoms with Crippen molar-refractivity contribution in [3.63, 3.8) is 0 Å². The molecule has 110 valence electrons. The van der Waals surface area contributed by atoms with Crippen LogP contribution in [0.1, 0.15) is 60.0 Å². The number of carbonyl (C=O) groups excluding carboxylic acids is 1. The lowest BCUT2D eigenvalue weighted by Crippen LogP contribution is -2.43. The summed E-state index contributed by atoms with van der Waals surface area (Å²) < 4.78 is 5.29. The molecule has 1 aromatic carbocycles. The van der Waals surface area contributed by atoms with E-state index in [1.165, 1.54) is 6.42 Å². The van der Waals surface area contributed by atoms with E-state index in [-0.39, 0.29) is 11.3 Å². The highest BCUT2D eigenvalue weighted by molar-refractivity contribution is 5.98. The summed E-state index contributed by atoms with van der Waals surface area (Å²) in [5, 5.41) is 0. The van der Waals surface area contributed by atoms with Crippen LogP contribution < -0.4 is 10.5 Å². The maximum atomic E-state index is 12.6. The Kier molecular flexibility index (Phi) is 4.48. The lowest BCUT2D eigenvalue weighted by molar-refractivity contribution is 0.0934. The molecular formula is C17H25NO2. The monoisotopic (exact) mass is 275 g/mol. The van der Waals surface area contributed by atoms with E-state index < -0.39 is 0 Å². The molecule has 20 heavy (non-hydrogen) atoms. The van der Waals surface area contributed by atoms with E-state index in [0.717, 1.165) is 48.1 Å². The number of hydrogen-bond acceptors (Lipinski definition) is 3. The Labute approximate surface area is 121 Å². The molecule has 3 heteroatoms. The van der Waals surface area contributed by atoms with E-state index in [1.54, 1.807) is 7.11 Å². The van der Waals surface area contributed by atoms with Crippen molar-refractivity contribution in [3.8, 4) is 5.75 Å². The highest BCUT2D eigenvalue weighted by Crippen LogP contribution is 2.31. The second-order valence-corrected chi connectivity index (χ2v) is 6.16. The number of nitrogens with two attached hydrogens (primary N) is 1. The predicted octanol–water partition coefficient (Wildman–Crippen LogP) is 3.55. The number of methoxy groups -OCH3 is 1. The van der Waals surface area contributed by atoms with Crippen molar-refractivity contribution in [1.82, 2.24) is 0 Å². The van der Waals surface area contributed by atoms with Crippen LogP contribution in [-0.4, -0.2) is 18.4 Å². The SMILES string of the molecule is COc1cc(C)c(C(=O)CC2(N)CCCCC2)cc1C. The quantitative estimate of drug-likeness (QED) is 0.855. The van der Waals surface area contributed by atoms with Crippen LogP contribution in [0.15, 0.2) is 12.1 Å². The van der Waals surface area contributed by atoms with Gasteiger partial charge in [0.05, 0.1) is 7.11 Å². The van der Waals surface area contributed by atoms with Gasteiger partial charge in [-0.3, -0.25) is 4.79 Å². The number of Topliss-reactive ketones (excluding diaryl/α,β-unsaturated/α-hetero) is 1. The molecule has 0 unspecified atom stereocenters. The van der Waals surface area contributed by atoms with Crippen molar-refractivity contribution in [2.75, 3.05) is 7.11 Å². The van der Waals surface area contributed by atoms with Crippen LogP contribution in [0.2, 0.25) is 0 Å². The Bertz CT molecular complexity index is 502. The molecule has 1 fully saturated rings. The molecule has 0 aromatic heterocycles. The molecule has 0 radical (unpaired) electrons. The summed E-state index contributed by atoms with van der Waals surface area (Å²) in [7, 11) is 1.65. The van der Waals surface area contributed by atoms with Crippen molar-refractivity contribution in [1.29, 1.82) is 0 Å². The molecule has 0 atom stereocenters. The molecule has 1 aliphatic rings. The first-order valence-electron chi connectivity index (χ1n) is 7.42. The third-order valence-electron chi connectivity index (χ3n) is 4.40. The summed E-state index contributed by atoms with van der Waals surface area (Å²) in [4.78, 5) is 12.6. The normalized spacial score (nSPS) is 17.8. The molecule has 0 spiro atoms. The first kappa shape index (κ1) is 15.0. The summed E-state index contributed by atoms with van der Waals surface area (Å²) >= 11 is 0. The van der Waals surface area contributed by atoms with Crippen molar-refractivity contribution in [3.05, 3.63) is 28.8 Å². The minimum Gasteiger partial charge on any atom is -0.496 e. The molecule has 0 amide bonds. The lowest BCUT2D eigenvalue weighted by Gasteiger charge is -2.33. The van der Waals surface area contributed by atoms with E-state index in [1.807, 2.05) is 26.0 Å². The average molecular weight is 275 g/mol. The van der Waals surface area contributed by atoms with Gasteiger partial charge in [-0.2, -0.15) is 0 Å². The number of benzene rings is 1. The number of ether oxygens (including phenoxy) is 1. The molecule has 3 nitrogen and oxygen atoms in total. The fraction of sp³-hybridized carbons (Fsp3) is 0.588. The van der Waals surface area contributed by atoms with Gasteiger partial charge in [0.1, 0.15) is 5.75 Å². The van der Waals surface area contributed by atoms with E-state index in [2.05, 4.69) is 0 Å². The van der Waals surface area contributed by atoms with Crippen LogP contribution in [0, 0.1) is 13.8 Å². The van der Waals surface area contributed by atoms with Gasteiger partial charge in [0.2, 0.25) is 0 Å². The second-order valence-electron chi connectivity index (χ2n) is 6.16. The summed E-state index contributed by atoms with van der Waals surface area (Å²) in [6.07, 6.45) is 5.92. The van der Waals surface area contributed by atoms with Gasteiger partial charge in [-0.15, -0.1) is 0 Å². The molecular weight excluding hydrogens is 250 g/mol. The zero-order valence-electron chi connectivity index (χ0n) is 12.8. The molecule has 1 aliphatic carbocycles. The zero-order chi connectivity index (χ0) is 14.8. The molecule has 0 heterocycles. The summed E-state index contributed by atoms with van der Waals surface area (Å²) in [5.74, 6) is 0.997. The minimum atomic E-state index is -0.296. The molecule has 1 saturated carbocycles. The highest BCUT2D eigenvalue weighted by atomic mass is 16.5. The van der Waals surface area contributed by atoms with Crippen molar-refractivity contribution >= 4 is 5.78 Å².